The minimum absolute atomic E-state index is 0.563. The molecule has 0 saturated heterocycles. The molecular weight excluding hydrogens is 325 g/mol. The summed E-state index contributed by atoms with van der Waals surface area (Å²) < 4.78 is 3.00. The molecule has 0 aliphatic heterocycles. The van der Waals surface area contributed by atoms with Crippen molar-refractivity contribution >= 4 is 45.7 Å². The Morgan fingerprint density at radius 1 is 1.29 bits per heavy atom. The van der Waals surface area contributed by atoms with Crippen LogP contribution in [0, 0.1) is 6.92 Å². The molecule has 0 bridgehead atoms. The van der Waals surface area contributed by atoms with Crippen LogP contribution in [0.1, 0.15) is 16.3 Å². The smallest absolute Gasteiger partial charge is 0.160 e. The number of alkyl halides is 1. The Hall–Kier alpha value is -1.10. The summed E-state index contributed by atoms with van der Waals surface area (Å²) in [5.74, 6) is 1.56. The second-order valence-electron chi connectivity index (χ2n) is 4.93. The molecule has 6 heteroatoms. The van der Waals surface area contributed by atoms with Gasteiger partial charge in [0.15, 0.2) is 5.65 Å². The van der Waals surface area contributed by atoms with Gasteiger partial charge in [-0.25, -0.2) is 9.97 Å². The number of aryl methyl sites for hydroxylation is 4. The summed E-state index contributed by atoms with van der Waals surface area (Å²) in [6.45, 7) is 2.87. The Morgan fingerprint density at radius 3 is 2.86 bits per heavy atom. The molecule has 21 heavy (non-hydrogen) atoms. The van der Waals surface area contributed by atoms with E-state index in [1.165, 1.54) is 4.88 Å². The molecule has 0 radical (unpaired) electrons. The van der Waals surface area contributed by atoms with Gasteiger partial charge in [-0.3, -0.25) is 0 Å². The first-order valence-electron chi connectivity index (χ1n) is 6.79. The van der Waals surface area contributed by atoms with E-state index in [-0.39, 0.29) is 0 Å². The van der Waals surface area contributed by atoms with E-state index in [0.29, 0.717) is 5.88 Å². The summed E-state index contributed by atoms with van der Waals surface area (Å²) in [5, 5.41) is 0. The number of aromatic nitrogens is 3. The molecule has 3 nitrogen and oxygen atoms in total. The van der Waals surface area contributed by atoms with Gasteiger partial charge in [0.2, 0.25) is 0 Å². The highest BCUT2D eigenvalue weighted by Crippen LogP contribution is 2.23. The Labute approximate surface area is 137 Å². The van der Waals surface area contributed by atoms with E-state index in [1.807, 2.05) is 19.2 Å². The van der Waals surface area contributed by atoms with Crippen LogP contribution in [0.25, 0.3) is 11.2 Å². The summed E-state index contributed by atoms with van der Waals surface area (Å²) in [4.78, 5) is 10.5. The summed E-state index contributed by atoms with van der Waals surface area (Å²) in [5.41, 5.74) is 3.00. The Kier molecular flexibility index (Phi) is 4.48. The lowest BCUT2D eigenvalue weighted by Crippen LogP contribution is -2.07. The third-order valence-electron chi connectivity index (χ3n) is 3.33. The number of hydrogen-bond donors (Lipinski definition) is 0. The average Bonchev–Trinajstić information content (AvgIpc) is 3.00. The molecule has 0 aliphatic rings. The Bertz CT molecular complexity index is 763. The maximum Gasteiger partial charge on any atom is 0.160 e. The summed E-state index contributed by atoms with van der Waals surface area (Å²) in [7, 11) is 0. The first-order valence-corrected chi connectivity index (χ1v) is 8.52. The number of pyridine rings is 1. The number of thiophene rings is 1. The molecule has 0 spiro atoms. The molecule has 3 rings (SSSR count). The molecule has 0 aliphatic carbocycles. The van der Waals surface area contributed by atoms with Crippen molar-refractivity contribution in [3.05, 3.63) is 45.0 Å². The zero-order valence-corrected chi connectivity index (χ0v) is 14.0. The number of fused-ring (bicyclic) bond motifs is 1. The van der Waals surface area contributed by atoms with Crippen molar-refractivity contribution in [3.8, 4) is 0 Å². The standard InChI is InChI=1S/C15H15Cl2N3S/c1-10-8-12-15(18-9-10)20(14(19-12)4-6-16)7-5-11-2-3-13(17)21-11/h2-3,8-9H,4-7H2,1H3. The lowest BCUT2D eigenvalue weighted by Gasteiger charge is -2.07. The highest BCUT2D eigenvalue weighted by atomic mass is 35.5. The molecule has 0 fully saturated rings. The van der Waals surface area contributed by atoms with Crippen molar-refractivity contribution in [2.45, 2.75) is 26.3 Å². The Balaban J connectivity index is 1.92. The van der Waals surface area contributed by atoms with Crippen LogP contribution in [0.4, 0.5) is 0 Å². The van der Waals surface area contributed by atoms with Crippen molar-refractivity contribution in [3.63, 3.8) is 0 Å². The van der Waals surface area contributed by atoms with Crippen molar-refractivity contribution in [2.75, 3.05) is 5.88 Å². The van der Waals surface area contributed by atoms with Crippen LogP contribution in [0.3, 0.4) is 0 Å². The van der Waals surface area contributed by atoms with E-state index in [0.717, 1.165) is 46.3 Å². The fourth-order valence-corrected chi connectivity index (χ4v) is 3.62. The zero-order chi connectivity index (χ0) is 14.8. The van der Waals surface area contributed by atoms with Gasteiger partial charge in [-0.15, -0.1) is 22.9 Å². The quantitative estimate of drug-likeness (QED) is 0.641. The number of imidazole rings is 1. The van der Waals surface area contributed by atoms with Crippen LogP contribution in [0.2, 0.25) is 4.34 Å². The minimum atomic E-state index is 0.563. The van der Waals surface area contributed by atoms with Crippen LogP contribution < -0.4 is 0 Å². The number of rotatable bonds is 5. The van der Waals surface area contributed by atoms with Gasteiger partial charge in [-0.1, -0.05) is 11.6 Å². The topological polar surface area (TPSA) is 30.7 Å². The first-order chi connectivity index (χ1) is 10.2. The van der Waals surface area contributed by atoms with E-state index in [2.05, 4.69) is 26.7 Å². The number of hydrogen-bond acceptors (Lipinski definition) is 3. The summed E-state index contributed by atoms with van der Waals surface area (Å²) in [6, 6.07) is 6.08. The number of nitrogens with zero attached hydrogens (tertiary/aromatic N) is 3. The van der Waals surface area contributed by atoms with E-state index in [9.17, 15) is 0 Å². The monoisotopic (exact) mass is 339 g/mol. The molecule has 110 valence electrons. The van der Waals surface area contributed by atoms with Crippen LogP contribution in [-0.2, 0) is 19.4 Å². The predicted octanol–water partition coefficient (Wildman–Crippen LogP) is 4.48. The van der Waals surface area contributed by atoms with E-state index in [4.69, 9.17) is 23.2 Å². The van der Waals surface area contributed by atoms with Crippen molar-refractivity contribution < 1.29 is 0 Å². The third kappa shape index (κ3) is 3.23. The third-order valence-corrected chi connectivity index (χ3v) is 4.81. The van der Waals surface area contributed by atoms with Crippen molar-refractivity contribution in [2.24, 2.45) is 0 Å². The molecule has 0 saturated carbocycles. The van der Waals surface area contributed by atoms with Gasteiger partial charge >= 0.3 is 0 Å². The fourth-order valence-electron chi connectivity index (χ4n) is 2.38. The molecule has 0 unspecified atom stereocenters. The molecule has 3 aromatic rings. The second-order valence-corrected chi connectivity index (χ2v) is 7.11. The minimum Gasteiger partial charge on any atom is -0.312 e. The Morgan fingerprint density at radius 2 is 2.14 bits per heavy atom. The number of halogens is 2. The van der Waals surface area contributed by atoms with Crippen LogP contribution >= 0.6 is 34.5 Å². The molecule has 0 aromatic carbocycles. The summed E-state index contributed by atoms with van der Waals surface area (Å²) >= 11 is 13.5. The fraction of sp³-hybridized carbons (Fsp3) is 0.333. The molecular formula is C15H15Cl2N3S. The molecule has 0 amide bonds. The van der Waals surface area contributed by atoms with Gasteiger partial charge in [-0.2, -0.15) is 0 Å². The maximum atomic E-state index is 5.98. The van der Waals surface area contributed by atoms with Crippen molar-refractivity contribution in [1.82, 2.24) is 14.5 Å². The lowest BCUT2D eigenvalue weighted by molar-refractivity contribution is 0.674. The van der Waals surface area contributed by atoms with Gasteiger partial charge in [0.05, 0.1) is 4.34 Å². The predicted molar refractivity (Wildman–Crippen MR) is 89.7 cm³/mol. The van der Waals surface area contributed by atoms with Crippen LogP contribution in [-0.4, -0.2) is 20.4 Å². The highest BCUT2D eigenvalue weighted by molar-refractivity contribution is 7.16. The normalized spacial score (nSPS) is 11.4. The van der Waals surface area contributed by atoms with Gasteiger partial charge < -0.3 is 4.57 Å². The largest absolute Gasteiger partial charge is 0.312 e. The van der Waals surface area contributed by atoms with Gasteiger partial charge in [-0.05, 0) is 37.1 Å². The molecule has 0 N–H and O–H groups in total. The molecule has 3 heterocycles. The van der Waals surface area contributed by atoms with E-state index >= 15 is 0 Å². The molecule has 3 aromatic heterocycles. The van der Waals surface area contributed by atoms with Gasteiger partial charge in [0.1, 0.15) is 11.3 Å². The van der Waals surface area contributed by atoms with Crippen molar-refractivity contribution in [1.29, 1.82) is 0 Å². The lowest BCUT2D eigenvalue weighted by atomic mass is 10.3. The second kappa shape index (κ2) is 6.34. The highest BCUT2D eigenvalue weighted by Gasteiger charge is 2.12. The average molecular weight is 340 g/mol. The maximum absolute atomic E-state index is 5.98. The van der Waals surface area contributed by atoms with Gasteiger partial charge in [0.25, 0.3) is 0 Å². The molecule has 0 atom stereocenters. The van der Waals surface area contributed by atoms with Crippen LogP contribution in [0.5, 0.6) is 0 Å². The van der Waals surface area contributed by atoms with E-state index in [1.54, 1.807) is 11.3 Å². The SMILES string of the molecule is Cc1cnc2c(c1)nc(CCCl)n2CCc1ccc(Cl)s1. The van der Waals surface area contributed by atoms with Crippen LogP contribution in [0.15, 0.2) is 24.4 Å². The first kappa shape index (κ1) is 14.8. The zero-order valence-electron chi connectivity index (χ0n) is 11.6. The summed E-state index contributed by atoms with van der Waals surface area (Å²) in [6.07, 6.45) is 3.56. The van der Waals surface area contributed by atoms with Gasteiger partial charge in [0, 0.05) is 29.9 Å². The van der Waals surface area contributed by atoms with E-state index < -0.39 is 0 Å².